The van der Waals surface area contributed by atoms with Crippen molar-refractivity contribution in [1.29, 1.82) is 0 Å². The summed E-state index contributed by atoms with van der Waals surface area (Å²) in [4.78, 5) is 55.0. The van der Waals surface area contributed by atoms with Crippen LogP contribution in [0.4, 0.5) is 4.79 Å². The van der Waals surface area contributed by atoms with Crippen LogP contribution in [0.3, 0.4) is 0 Å². The van der Waals surface area contributed by atoms with Crippen molar-refractivity contribution in [3.8, 4) is 0 Å². The van der Waals surface area contributed by atoms with E-state index in [0.29, 0.717) is 6.29 Å². The molecule has 0 spiro atoms. The van der Waals surface area contributed by atoms with Crippen molar-refractivity contribution >= 4 is 30.2 Å². The fraction of sp³-hybridized carbons (Fsp3) is 0.615. The second kappa shape index (κ2) is 9.38. The highest BCUT2D eigenvalue weighted by atomic mass is 16.4. The number of rotatable bonds is 10. The summed E-state index contributed by atoms with van der Waals surface area (Å²) < 4.78 is 0. The number of amides is 2. The van der Waals surface area contributed by atoms with E-state index in [1.807, 2.05) is 0 Å². The van der Waals surface area contributed by atoms with Gasteiger partial charge in [0.25, 0.3) is 0 Å². The van der Waals surface area contributed by atoms with E-state index in [2.05, 4.69) is 10.6 Å². The molecule has 0 heterocycles. The maximum Gasteiger partial charge on any atom is 0.326 e. The highest BCUT2D eigenvalue weighted by Crippen LogP contribution is 2.08. The van der Waals surface area contributed by atoms with Gasteiger partial charge in [0, 0.05) is 0 Å². The summed E-state index contributed by atoms with van der Waals surface area (Å²) in [7, 11) is 0. The molecule has 0 aromatic rings. The molecule has 23 heavy (non-hydrogen) atoms. The lowest BCUT2D eigenvalue weighted by atomic mass is 10.0. The van der Waals surface area contributed by atoms with E-state index in [1.54, 1.807) is 0 Å². The minimum absolute atomic E-state index is 0.157. The Labute approximate surface area is 131 Å². The smallest absolute Gasteiger partial charge is 0.326 e. The standard InChI is InChI=1S/C13H20N2O8/c1-6(10(17)18)3-8(5-16)14-13(23)15-9(12(21)22)4-7(2)11(19)20/h5-9H,3-4H2,1-2H3,(H,17,18)(H,19,20)(H,21,22)(H2,14,15,23)/t6-,7-,8-,9-/m0/s1. The van der Waals surface area contributed by atoms with Crippen LogP contribution in [-0.2, 0) is 19.2 Å². The Hall–Kier alpha value is -2.65. The summed E-state index contributed by atoms with van der Waals surface area (Å²) in [6.07, 6.45) is -0.153. The summed E-state index contributed by atoms with van der Waals surface area (Å²) >= 11 is 0. The van der Waals surface area contributed by atoms with Crippen LogP contribution in [0.1, 0.15) is 26.7 Å². The van der Waals surface area contributed by atoms with Crippen LogP contribution in [0.15, 0.2) is 0 Å². The van der Waals surface area contributed by atoms with Gasteiger partial charge < -0.3 is 30.7 Å². The molecule has 0 unspecified atom stereocenters. The predicted octanol–water partition coefficient (Wildman–Crippen LogP) is -0.472. The monoisotopic (exact) mass is 332 g/mol. The summed E-state index contributed by atoms with van der Waals surface area (Å²) in [5.41, 5.74) is 0. The molecule has 0 fully saturated rings. The molecule has 0 saturated carbocycles. The molecule has 0 aromatic carbocycles. The molecular weight excluding hydrogens is 312 g/mol. The van der Waals surface area contributed by atoms with Gasteiger partial charge >= 0.3 is 23.9 Å². The van der Waals surface area contributed by atoms with Crippen molar-refractivity contribution in [2.75, 3.05) is 0 Å². The van der Waals surface area contributed by atoms with Crippen LogP contribution in [0.2, 0.25) is 0 Å². The molecule has 0 aliphatic heterocycles. The zero-order chi connectivity index (χ0) is 18.2. The molecular formula is C13H20N2O8. The van der Waals surface area contributed by atoms with Crippen molar-refractivity contribution in [1.82, 2.24) is 10.6 Å². The van der Waals surface area contributed by atoms with Gasteiger partial charge in [-0.05, 0) is 12.8 Å². The lowest BCUT2D eigenvalue weighted by Crippen LogP contribution is -2.50. The third kappa shape index (κ3) is 7.79. The minimum atomic E-state index is -1.45. The lowest BCUT2D eigenvalue weighted by molar-refractivity contribution is -0.144. The second-order valence-electron chi connectivity index (χ2n) is 5.20. The highest BCUT2D eigenvalue weighted by Gasteiger charge is 2.27. The first-order valence-corrected chi connectivity index (χ1v) is 6.79. The van der Waals surface area contributed by atoms with Crippen molar-refractivity contribution in [3.63, 3.8) is 0 Å². The molecule has 0 aromatic heterocycles. The number of carbonyl (C=O) groups excluding carboxylic acids is 2. The Bertz CT molecular complexity index is 479. The Morgan fingerprint density at radius 1 is 0.870 bits per heavy atom. The predicted molar refractivity (Wildman–Crippen MR) is 75.8 cm³/mol. The molecule has 2 amide bonds. The van der Waals surface area contributed by atoms with Gasteiger partial charge in [-0.1, -0.05) is 13.8 Å². The van der Waals surface area contributed by atoms with E-state index in [-0.39, 0.29) is 12.8 Å². The van der Waals surface area contributed by atoms with Crippen molar-refractivity contribution < 1.29 is 39.3 Å². The van der Waals surface area contributed by atoms with Gasteiger partial charge in [-0.25, -0.2) is 9.59 Å². The Kier molecular flexibility index (Phi) is 8.30. The summed E-state index contributed by atoms with van der Waals surface area (Å²) in [5.74, 6) is -5.65. The zero-order valence-corrected chi connectivity index (χ0v) is 12.7. The average molecular weight is 332 g/mol. The van der Waals surface area contributed by atoms with Crippen molar-refractivity contribution in [3.05, 3.63) is 0 Å². The van der Waals surface area contributed by atoms with Crippen LogP contribution in [0, 0.1) is 11.8 Å². The molecule has 130 valence electrons. The first-order valence-electron chi connectivity index (χ1n) is 6.79. The number of carboxylic acid groups (broad SMARTS) is 3. The van der Waals surface area contributed by atoms with Gasteiger partial charge in [0.1, 0.15) is 12.3 Å². The normalized spacial score (nSPS) is 15.6. The Morgan fingerprint density at radius 3 is 1.74 bits per heavy atom. The third-order valence-corrected chi connectivity index (χ3v) is 3.12. The first-order chi connectivity index (χ1) is 10.6. The van der Waals surface area contributed by atoms with Gasteiger partial charge in [-0.15, -0.1) is 0 Å². The zero-order valence-electron chi connectivity index (χ0n) is 12.7. The number of aliphatic carboxylic acids is 3. The van der Waals surface area contributed by atoms with Crippen molar-refractivity contribution in [2.24, 2.45) is 11.8 Å². The number of hydrogen-bond donors (Lipinski definition) is 5. The maximum absolute atomic E-state index is 11.7. The molecule has 4 atom stereocenters. The van der Waals surface area contributed by atoms with E-state index in [1.165, 1.54) is 13.8 Å². The molecule has 5 N–H and O–H groups in total. The molecule has 0 aliphatic carbocycles. The number of carbonyl (C=O) groups is 5. The molecule has 0 radical (unpaired) electrons. The van der Waals surface area contributed by atoms with Crippen LogP contribution in [0.25, 0.3) is 0 Å². The second-order valence-corrected chi connectivity index (χ2v) is 5.20. The van der Waals surface area contributed by atoms with Crippen LogP contribution in [0.5, 0.6) is 0 Å². The summed E-state index contributed by atoms with van der Waals surface area (Å²) in [6, 6.07) is -3.55. The van der Waals surface area contributed by atoms with Crippen LogP contribution < -0.4 is 10.6 Å². The molecule has 10 heteroatoms. The van der Waals surface area contributed by atoms with Gasteiger partial charge in [-0.3, -0.25) is 9.59 Å². The molecule has 0 rings (SSSR count). The molecule has 0 saturated heterocycles. The maximum atomic E-state index is 11.7. The number of urea groups is 1. The van der Waals surface area contributed by atoms with E-state index in [4.69, 9.17) is 15.3 Å². The largest absolute Gasteiger partial charge is 0.481 e. The first kappa shape index (κ1) is 20.3. The van der Waals surface area contributed by atoms with Gasteiger partial charge in [0.15, 0.2) is 0 Å². The lowest BCUT2D eigenvalue weighted by Gasteiger charge is -2.19. The topological polar surface area (TPSA) is 170 Å². The van der Waals surface area contributed by atoms with Crippen molar-refractivity contribution in [2.45, 2.75) is 38.8 Å². The Morgan fingerprint density at radius 2 is 1.35 bits per heavy atom. The Balaban J connectivity index is 4.67. The fourth-order valence-corrected chi connectivity index (χ4v) is 1.67. The van der Waals surface area contributed by atoms with Gasteiger partial charge in [0.2, 0.25) is 0 Å². The van der Waals surface area contributed by atoms with Crippen LogP contribution in [-0.4, -0.2) is 57.6 Å². The quantitative estimate of drug-likeness (QED) is 0.334. The number of aldehydes is 1. The number of nitrogens with one attached hydrogen (secondary N) is 2. The highest BCUT2D eigenvalue weighted by molar-refractivity contribution is 5.84. The van der Waals surface area contributed by atoms with Gasteiger partial charge in [-0.2, -0.15) is 0 Å². The number of carboxylic acids is 3. The average Bonchev–Trinajstić information content (AvgIpc) is 2.44. The summed E-state index contributed by atoms with van der Waals surface area (Å²) in [6.45, 7) is 2.65. The molecule has 0 aliphatic rings. The van der Waals surface area contributed by atoms with E-state index < -0.39 is 47.9 Å². The van der Waals surface area contributed by atoms with Gasteiger partial charge in [0.05, 0.1) is 17.9 Å². The summed E-state index contributed by atoms with van der Waals surface area (Å²) in [5, 5.41) is 30.7. The molecule has 10 nitrogen and oxygen atoms in total. The fourth-order valence-electron chi connectivity index (χ4n) is 1.67. The third-order valence-electron chi connectivity index (χ3n) is 3.12. The van der Waals surface area contributed by atoms with Crippen LogP contribution >= 0.6 is 0 Å². The minimum Gasteiger partial charge on any atom is -0.481 e. The number of hydrogen-bond acceptors (Lipinski definition) is 5. The molecule has 0 bridgehead atoms. The van der Waals surface area contributed by atoms with E-state index >= 15 is 0 Å². The van der Waals surface area contributed by atoms with E-state index in [0.717, 1.165) is 0 Å². The SMILES string of the molecule is C[C@@H](C[C@@H](C=O)NC(=O)N[C@@H](C[C@H](C)C(=O)O)C(=O)O)C(=O)O. The van der Waals surface area contributed by atoms with E-state index in [9.17, 15) is 24.0 Å².